The van der Waals surface area contributed by atoms with Crippen molar-refractivity contribution in [1.29, 1.82) is 0 Å². The topological polar surface area (TPSA) is 65.4 Å². The summed E-state index contributed by atoms with van der Waals surface area (Å²) in [5.74, 6) is 1.04. The van der Waals surface area contributed by atoms with Crippen LogP contribution in [0.2, 0.25) is 0 Å². The predicted octanol–water partition coefficient (Wildman–Crippen LogP) is 5.71. The molecule has 2 heterocycles. The van der Waals surface area contributed by atoms with E-state index in [-0.39, 0.29) is 17.7 Å². The highest BCUT2D eigenvalue weighted by Crippen LogP contribution is 2.51. The average molecular weight is 468 g/mol. The number of ether oxygens (including phenoxy) is 1. The second-order valence-electron chi connectivity index (χ2n) is 8.11. The number of phenolic OH excluding ortho intramolecular Hbond substituents is 1. The van der Waals surface area contributed by atoms with Gasteiger partial charge in [-0.25, -0.2) is 4.99 Å². The van der Waals surface area contributed by atoms with Gasteiger partial charge in [-0.15, -0.1) is 0 Å². The van der Waals surface area contributed by atoms with Crippen molar-refractivity contribution < 1.29 is 14.6 Å². The van der Waals surface area contributed by atoms with Crippen molar-refractivity contribution in [2.24, 2.45) is 4.99 Å². The summed E-state index contributed by atoms with van der Waals surface area (Å²) < 4.78 is 5.39. The highest BCUT2D eigenvalue weighted by atomic mass is 32.2. The van der Waals surface area contributed by atoms with Crippen LogP contribution in [0.3, 0.4) is 0 Å². The quantitative estimate of drug-likeness (QED) is 0.584. The number of amides is 1. The Morgan fingerprint density at radius 3 is 2.53 bits per heavy atom. The van der Waals surface area contributed by atoms with E-state index in [2.05, 4.69) is 4.90 Å². The molecule has 0 atom stereocenters. The number of aromatic hydroxyl groups is 1. The number of amidine groups is 1. The van der Waals surface area contributed by atoms with Crippen molar-refractivity contribution in [3.63, 3.8) is 0 Å². The van der Waals surface area contributed by atoms with Crippen LogP contribution in [-0.4, -0.2) is 41.3 Å². The first-order valence-corrected chi connectivity index (χ1v) is 12.4. The number of hydrogen-bond donors (Lipinski definition) is 1. The van der Waals surface area contributed by atoms with Crippen molar-refractivity contribution in [3.8, 4) is 11.5 Å². The van der Waals surface area contributed by atoms with Crippen LogP contribution in [0.1, 0.15) is 32.1 Å². The van der Waals surface area contributed by atoms with Crippen molar-refractivity contribution >= 4 is 46.0 Å². The van der Waals surface area contributed by atoms with Crippen LogP contribution in [0.15, 0.2) is 62.3 Å². The van der Waals surface area contributed by atoms with E-state index in [4.69, 9.17) is 9.73 Å². The Morgan fingerprint density at radius 1 is 1.06 bits per heavy atom. The summed E-state index contributed by atoms with van der Waals surface area (Å²) in [5.41, 5.74) is 1.77. The van der Waals surface area contributed by atoms with Crippen molar-refractivity contribution in [1.82, 2.24) is 4.90 Å². The molecule has 5 rings (SSSR count). The fourth-order valence-corrected chi connectivity index (χ4v) is 6.73. The second-order valence-corrected chi connectivity index (χ2v) is 10.1. The lowest BCUT2D eigenvalue weighted by Gasteiger charge is -2.30. The van der Waals surface area contributed by atoms with E-state index in [1.807, 2.05) is 30.1 Å². The number of thioether (sulfide) groups is 2. The molecule has 166 valence electrons. The van der Waals surface area contributed by atoms with E-state index in [0.717, 1.165) is 62.8 Å². The molecule has 2 aromatic rings. The Balaban J connectivity index is 1.54. The molecular formula is C24H25N3O3S2. The number of phenols is 1. The van der Waals surface area contributed by atoms with E-state index in [0.29, 0.717) is 0 Å². The van der Waals surface area contributed by atoms with Gasteiger partial charge in [0.15, 0.2) is 5.17 Å². The summed E-state index contributed by atoms with van der Waals surface area (Å²) >= 11 is 3.07. The van der Waals surface area contributed by atoms with Crippen LogP contribution in [0.5, 0.6) is 11.5 Å². The molecule has 3 aliphatic rings. The van der Waals surface area contributed by atoms with Crippen molar-refractivity contribution in [2.45, 2.75) is 43.0 Å². The molecule has 2 aliphatic heterocycles. The number of aliphatic imine (C=N–C) groups is 1. The molecule has 0 unspecified atom stereocenters. The molecule has 0 bridgehead atoms. The van der Waals surface area contributed by atoms with Crippen molar-refractivity contribution in [3.05, 3.63) is 52.4 Å². The van der Waals surface area contributed by atoms with E-state index in [9.17, 15) is 9.90 Å². The molecule has 1 saturated carbocycles. The van der Waals surface area contributed by atoms with Gasteiger partial charge in [-0.2, -0.15) is 0 Å². The summed E-state index contributed by atoms with van der Waals surface area (Å²) in [4.78, 5) is 24.4. The van der Waals surface area contributed by atoms with Crippen LogP contribution in [0.25, 0.3) is 0 Å². The zero-order chi connectivity index (χ0) is 22.2. The third kappa shape index (κ3) is 3.86. The molecule has 1 amide bonds. The lowest BCUT2D eigenvalue weighted by Crippen LogP contribution is -2.40. The Labute approximate surface area is 196 Å². The summed E-state index contributed by atoms with van der Waals surface area (Å²) in [6, 6.07) is 13.0. The van der Waals surface area contributed by atoms with Crippen LogP contribution in [0.4, 0.5) is 11.4 Å². The summed E-state index contributed by atoms with van der Waals surface area (Å²) in [7, 11) is 3.65. The number of anilines is 1. The first kappa shape index (κ1) is 21.3. The average Bonchev–Trinajstić information content (AvgIpc) is 3.31. The molecule has 0 radical (unpaired) electrons. The standard InChI is InChI=1S/C24H25N3O3S2/c1-26-19-14-18(30-2)12-13-20(19)31-23(26)21-22(29)27(16-6-4-3-5-7-16)24(32-21)25-15-8-10-17(28)11-9-15/h8-14,16,28H,3-7H2,1-2H3. The van der Waals surface area contributed by atoms with Crippen LogP contribution < -0.4 is 9.64 Å². The Bertz CT molecular complexity index is 1110. The van der Waals surface area contributed by atoms with Gasteiger partial charge in [0.25, 0.3) is 5.91 Å². The summed E-state index contributed by atoms with van der Waals surface area (Å²) in [6.07, 6.45) is 5.50. The van der Waals surface area contributed by atoms with Gasteiger partial charge in [-0.1, -0.05) is 31.0 Å². The van der Waals surface area contributed by atoms with Gasteiger partial charge in [0.05, 0.1) is 23.5 Å². The van der Waals surface area contributed by atoms with E-state index in [1.165, 1.54) is 18.2 Å². The zero-order valence-electron chi connectivity index (χ0n) is 18.1. The number of rotatable bonds is 3. The minimum absolute atomic E-state index is 0.0357. The van der Waals surface area contributed by atoms with Gasteiger partial charge in [0.1, 0.15) is 16.4 Å². The second kappa shape index (κ2) is 8.75. The Morgan fingerprint density at radius 2 is 1.81 bits per heavy atom. The molecular weight excluding hydrogens is 442 g/mol. The summed E-state index contributed by atoms with van der Waals surface area (Å²) in [5, 5.41) is 11.3. The molecule has 1 saturated heterocycles. The molecule has 8 heteroatoms. The van der Waals surface area contributed by atoms with Crippen LogP contribution in [-0.2, 0) is 4.79 Å². The van der Waals surface area contributed by atoms with E-state index < -0.39 is 0 Å². The van der Waals surface area contributed by atoms with Gasteiger partial charge in [0.2, 0.25) is 0 Å². The zero-order valence-corrected chi connectivity index (χ0v) is 19.7. The van der Waals surface area contributed by atoms with Gasteiger partial charge in [-0.05, 0) is 61.0 Å². The first-order chi connectivity index (χ1) is 15.5. The highest BCUT2D eigenvalue weighted by molar-refractivity contribution is 8.19. The van der Waals surface area contributed by atoms with Gasteiger partial charge < -0.3 is 14.7 Å². The molecule has 32 heavy (non-hydrogen) atoms. The predicted molar refractivity (Wildman–Crippen MR) is 131 cm³/mol. The molecule has 1 aliphatic carbocycles. The Hall–Kier alpha value is -2.58. The fourth-order valence-electron chi connectivity index (χ4n) is 4.34. The van der Waals surface area contributed by atoms with E-state index in [1.54, 1.807) is 43.1 Å². The Kier molecular flexibility index (Phi) is 5.82. The minimum Gasteiger partial charge on any atom is -0.508 e. The monoisotopic (exact) mass is 467 g/mol. The summed E-state index contributed by atoms with van der Waals surface area (Å²) in [6.45, 7) is 0. The largest absolute Gasteiger partial charge is 0.508 e. The number of fused-ring (bicyclic) bond motifs is 1. The van der Waals surface area contributed by atoms with E-state index >= 15 is 0 Å². The smallest absolute Gasteiger partial charge is 0.269 e. The molecule has 0 spiro atoms. The fraction of sp³-hybridized carbons (Fsp3) is 0.333. The number of carbonyl (C=O) groups excluding carboxylic acids is 1. The highest BCUT2D eigenvalue weighted by Gasteiger charge is 2.42. The molecule has 2 aromatic carbocycles. The maximum Gasteiger partial charge on any atom is 0.269 e. The molecule has 2 fully saturated rings. The van der Waals surface area contributed by atoms with Crippen LogP contribution in [0, 0.1) is 0 Å². The number of carbonyl (C=O) groups is 1. The minimum atomic E-state index is 0.0357. The number of benzene rings is 2. The van der Waals surface area contributed by atoms with Gasteiger partial charge >= 0.3 is 0 Å². The maximum absolute atomic E-state index is 13.7. The lowest BCUT2D eigenvalue weighted by atomic mass is 9.94. The third-order valence-electron chi connectivity index (χ3n) is 6.06. The van der Waals surface area contributed by atoms with Crippen LogP contribution >= 0.6 is 23.5 Å². The molecule has 1 N–H and O–H groups in total. The normalized spacial score (nSPS) is 22.7. The number of methoxy groups -OCH3 is 1. The maximum atomic E-state index is 13.7. The SMILES string of the molecule is COc1ccc2c(c1)N(C)C(=C1SC(=Nc3ccc(O)cc3)N(C3CCCCC3)C1=O)S2. The van der Waals surface area contributed by atoms with Gasteiger partial charge in [-0.3, -0.25) is 9.69 Å². The number of hydrogen-bond acceptors (Lipinski definition) is 7. The first-order valence-electron chi connectivity index (χ1n) is 10.8. The number of nitrogens with zero attached hydrogens (tertiary/aromatic N) is 3. The molecule has 6 nitrogen and oxygen atoms in total. The lowest BCUT2D eigenvalue weighted by molar-refractivity contribution is -0.124. The molecule has 0 aromatic heterocycles. The third-order valence-corrected chi connectivity index (χ3v) is 8.47. The van der Waals surface area contributed by atoms with Gasteiger partial charge in [0, 0.05) is 24.1 Å². The van der Waals surface area contributed by atoms with Crippen molar-refractivity contribution in [2.75, 3.05) is 19.1 Å².